The van der Waals surface area contributed by atoms with Gasteiger partial charge in [-0.2, -0.15) is 0 Å². The molecule has 2 N–H and O–H groups in total. The Hall–Kier alpha value is -2.10. The zero-order chi connectivity index (χ0) is 18.9. The van der Waals surface area contributed by atoms with Gasteiger partial charge in [0, 0.05) is 26.2 Å². The fraction of sp³-hybridized carbons (Fsp3) is 0.438. The smallest absolute Gasteiger partial charge is 0.324 e. The van der Waals surface area contributed by atoms with Crippen LogP contribution in [0.2, 0.25) is 0 Å². The van der Waals surface area contributed by atoms with E-state index in [0.717, 1.165) is 9.87 Å². The van der Waals surface area contributed by atoms with E-state index in [-0.39, 0.29) is 23.4 Å². The highest BCUT2D eigenvalue weighted by atomic mass is 32.2. The van der Waals surface area contributed by atoms with Crippen molar-refractivity contribution in [2.45, 2.75) is 24.8 Å². The Labute approximate surface area is 147 Å². The monoisotopic (exact) mass is 369 g/mol. The molecule has 0 spiro atoms. The number of benzene rings is 1. The minimum atomic E-state index is -3.52. The molecule has 0 saturated carbocycles. The summed E-state index contributed by atoms with van der Waals surface area (Å²) in [6, 6.07) is 6.06. The number of aliphatic hydroxyl groups excluding tert-OH is 1. The predicted octanol–water partition coefficient (Wildman–Crippen LogP) is 1.40. The van der Waals surface area contributed by atoms with Gasteiger partial charge in [-0.3, -0.25) is 9.80 Å². The number of nitrogens with zero attached hydrogens (tertiary/aromatic N) is 3. The third-order valence-electron chi connectivity index (χ3n) is 4.20. The number of hydrogen-bond acceptors (Lipinski definition) is 6. The second kappa shape index (κ2) is 7.03. The van der Waals surface area contributed by atoms with Gasteiger partial charge < -0.3 is 10.2 Å². The van der Waals surface area contributed by atoms with E-state index < -0.39 is 16.0 Å². The maximum atomic E-state index is 12.2. The summed E-state index contributed by atoms with van der Waals surface area (Å²) in [5.41, 5.74) is 1.39. The molecule has 2 rings (SSSR count). The quantitative estimate of drug-likeness (QED) is 0.781. The van der Waals surface area contributed by atoms with Crippen LogP contribution in [0.15, 0.2) is 40.6 Å². The molecule has 0 aliphatic carbocycles. The average molecular weight is 369 g/mol. The molecule has 0 fully saturated rings. The van der Waals surface area contributed by atoms with Crippen LogP contribution in [0.5, 0.6) is 0 Å². The molecule has 25 heavy (non-hydrogen) atoms. The molecule has 1 atom stereocenters. The average Bonchev–Trinajstić information content (AvgIpc) is 2.78. The van der Waals surface area contributed by atoms with Crippen LogP contribution >= 0.6 is 0 Å². The number of hydrazine groups is 1. The third-order valence-corrected chi connectivity index (χ3v) is 6.03. The second-order valence-electron chi connectivity index (χ2n) is 5.97. The van der Waals surface area contributed by atoms with Gasteiger partial charge in [-0.25, -0.2) is 17.7 Å². The van der Waals surface area contributed by atoms with Gasteiger partial charge in [-0.15, -0.1) is 0 Å². The molecule has 1 aromatic carbocycles. The number of sulfonamides is 1. The summed E-state index contributed by atoms with van der Waals surface area (Å²) >= 11 is 0. The Morgan fingerprint density at radius 3 is 2.24 bits per heavy atom. The zero-order valence-electron chi connectivity index (χ0n) is 14.7. The van der Waals surface area contributed by atoms with Crippen molar-refractivity contribution >= 4 is 16.0 Å². The van der Waals surface area contributed by atoms with Crippen LogP contribution in [0, 0.1) is 0 Å². The van der Waals surface area contributed by atoms with Gasteiger partial charge in [0.05, 0.1) is 10.9 Å². The van der Waals surface area contributed by atoms with Gasteiger partial charge in [0.2, 0.25) is 15.9 Å². The van der Waals surface area contributed by atoms with Gasteiger partial charge in [0.15, 0.2) is 0 Å². The molecule has 1 heterocycles. The Bertz CT molecular complexity index is 786. The van der Waals surface area contributed by atoms with E-state index in [4.69, 9.17) is 5.11 Å². The van der Waals surface area contributed by atoms with Crippen molar-refractivity contribution in [2.24, 2.45) is 0 Å². The molecule has 0 saturated heterocycles. The van der Waals surface area contributed by atoms with Gasteiger partial charge in [-0.05, 0) is 24.6 Å². The number of likely N-dealkylation sites (N-methyl/N-ethyl adjacent to an activating group) is 1. The van der Waals surface area contributed by atoms with Crippen molar-refractivity contribution in [1.29, 1.82) is 0 Å². The van der Waals surface area contributed by atoms with Crippen molar-refractivity contribution in [3.05, 3.63) is 41.3 Å². The summed E-state index contributed by atoms with van der Waals surface area (Å²) in [7, 11) is -0.585. The molecule has 0 amide bonds. The summed E-state index contributed by atoms with van der Waals surface area (Å²) < 4.78 is 25.5. The first-order valence-corrected chi connectivity index (χ1v) is 9.23. The zero-order valence-corrected chi connectivity index (χ0v) is 15.5. The summed E-state index contributed by atoms with van der Waals surface area (Å²) in [6.07, 6.45) is 0. The molecule has 1 unspecified atom stereocenters. The van der Waals surface area contributed by atoms with Gasteiger partial charge in [0.25, 0.3) is 0 Å². The maximum Gasteiger partial charge on any atom is 0.324 e. The molecule has 138 valence electrons. The van der Waals surface area contributed by atoms with Crippen LogP contribution in [0.3, 0.4) is 0 Å². The number of aliphatic hydroxyl groups is 1. The molecule has 9 heteroatoms. The van der Waals surface area contributed by atoms with Gasteiger partial charge in [-0.1, -0.05) is 19.1 Å². The largest absolute Gasteiger partial charge is 0.494 e. The molecule has 1 aliphatic rings. The SMILES string of the molecule is CCN1C(c2ccc(S(=O)(=O)N(C)C)cc2)C(C)=C(O)N1CC(=O)O. The number of hydrogen-bond donors (Lipinski definition) is 2. The van der Waals surface area contributed by atoms with Crippen molar-refractivity contribution < 1.29 is 23.4 Å². The van der Waals surface area contributed by atoms with E-state index in [9.17, 15) is 18.3 Å². The Morgan fingerprint density at radius 1 is 1.24 bits per heavy atom. The van der Waals surface area contributed by atoms with Crippen LogP contribution in [0.1, 0.15) is 25.5 Å². The van der Waals surface area contributed by atoms with Gasteiger partial charge >= 0.3 is 5.97 Å². The minimum Gasteiger partial charge on any atom is -0.494 e. The molecular formula is C16H23N3O5S. The molecule has 0 radical (unpaired) electrons. The van der Waals surface area contributed by atoms with Crippen molar-refractivity contribution in [3.8, 4) is 0 Å². The first kappa shape index (κ1) is 19.2. The number of carboxylic acids is 1. The van der Waals surface area contributed by atoms with E-state index >= 15 is 0 Å². The molecule has 1 aliphatic heterocycles. The molecule has 0 bridgehead atoms. The lowest BCUT2D eigenvalue weighted by atomic mass is 10.0. The molecule has 8 nitrogen and oxygen atoms in total. The number of rotatable bonds is 6. The van der Waals surface area contributed by atoms with Crippen molar-refractivity contribution in [1.82, 2.24) is 14.3 Å². The minimum absolute atomic E-state index is 0.0840. The fourth-order valence-corrected chi connectivity index (χ4v) is 3.81. The van der Waals surface area contributed by atoms with Crippen LogP contribution in [-0.4, -0.2) is 66.1 Å². The fourth-order valence-electron chi connectivity index (χ4n) is 2.91. The first-order valence-electron chi connectivity index (χ1n) is 7.79. The van der Waals surface area contributed by atoms with Crippen molar-refractivity contribution in [2.75, 3.05) is 27.2 Å². The molecule has 0 aromatic heterocycles. The highest BCUT2D eigenvalue weighted by Gasteiger charge is 2.37. The lowest BCUT2D eigenvalue weighted by Crippen LogP contribution is -2.41. The van der Waals surface area contributed by atoms with Crippen molar-refractivity contribution in [3.63, 3.8) is 0 Å². The van der Waals surface area contributed by atoms with E-state index in [0.29, 0.717) is 12.1 Å². The van der Waals surface area contributed by atoms with Crippen LogP contribution in [-0.2, 0) is 14.8 Å². The summed E-state index contributed by atoms with van der Waals surface area (Å²) in [4.78, 5) is 11.2. The normalized spacial score (nSPS) is 19.1. The van der Waals surface area contributed by atoms with Crippen LogP contribution in [0.25, 0.3) is 0 Å². The maximum absolute atomic E-state index is 12.2. The third kappa shape index (κ3) is 3.48. The Balaban J connectivity index is 2.39. The Morgan fingerprint density at radius 2 is 1.80 bits per heavy atom. The second-order valence-corrected chi connectivity index (χ2v) is 8.12. The van der Waals surface area contributed by atoms with E-state index in [1.165, 1.54) is 31.2 Å². The first-order chi connectivity index (χ1) is 11.6. The standard InChI is InChI=1S/C16H23N3O5S/c1-5-18-15(11(2)16(22)19(18)10-14(20)21)12-6-8-13(9-7-12)25(23,24)17(3)4/h6-9,15,22H,5,10H2,1-4H3,(H,20,21). The summed E-state index contributed by atoms with van der Waals surface area (Å²) in [5.74, 6) is -1.13. The molecular weight excluding hydrogens is 346 g/mol. The van der Waals surface area contributed by atoms with E-state index in [1.54, 1.807) is 24.1 Å². The summed E-state index contributed by atoms with van der Waals surface area (Å²) in [6.45, 7) is 3.73. The number of carbonyl (C=O) groups is 1. The van der Waals surface area contributed by atoms with Gasteiger partial charge in [0.1, 0.15) is 6.54 Å². The van der Waals surface area contributed by atoms with Crippen LogP contribution in [0.4, 0.5) is 0 Å². The van der Waals surface area contributed by atoms with Crippen LogP contribution < -0.4 is 0 Å². The number of aliphatic carboxylic acids is 1. The molecule has 1 aromatic rings. The summed E-state index contributed by atoms with van der Waals surface area (Å²) in [5, 5.41) is 22.4. The Kier molecular flexibility index (Phi) is 5.40. The highest BCUT2D eigenvalue weighted by molar-refractivity contribution is 7.89. The lowest BCUT2D eigenvalue weighted by molar-refractivity contribution is -0.143. The lowest BCUT2D eigenvalue weighted by Gasteiger charge is -2.32. The van der Waals surface area contributed by atoms with E-state index in [1.807, 2.05) is 6.92 Å². The van der Waals surface area contributed by atoms with E-state index in [2.05, 4.69) is 0 Å². The predicted molar refractivity (Wildman–Crippen MR) is 92.1 cm³/mol. The topological polar surface area (TPSA) is 101 Å². The number of carboxylic acid groups (broad SMARTS) is 1. The highest BCUT2D eigenvalue weighted by Crippen LogP contribution is 2.38.